The van der Waals surface area contributed by atoms with Crippen molar-refractivity contribution in [1.29, 1.82) is 0 Å². The van der Waals surface area contributed by atoms with E-state index in [0.717, 1.165) is 12.0 Å². The molecule has 0 saturated heterocycles. The molecule has 0 unspecified atom stereocenters. The van der Waals surface area contributed by atoms with Crippen LogP contribution < -0.4 is 16.0 Å². The number of nitrogens with one attached hydrogen (secondary N) is 1. The van der Waals surface area contributed by atoms with Crippen LogP contribution in [0.4, 0.5) is 0 Å². The Morgan fingerprint density at radius 2 is 2.10 bits per heavy atom. The van der Waals surface area contributed by atoms with Crippen molar-refractivity contribution in [3.8, 4) is 5.75 Å². The first kappa shape index (κ1) is 15.8. The summed E-state index contributed by atoms with van der Waals surface area (Å²) in [5.41, 5.74) is 8.64. The van der Waals surface area contributed by atoms with Gasteiger partial charge in [0.1, 0.15) is 12.4 Å². The Balaban J connectivity index is 2.15. The number of hydrogen-bond acceptors (Lipinski definition) is 4. The number of hydroxylamine groups is 1. The predicted molar refractivity (Wildman–Crippen MR) is 80.5 cm³/mol. The molecule has 4 N–H and O–H groups in total. The molecule has 1 aliphatic rings. The summed E-state index contributed by atoms with van der Waals surface area (Å²) in [7, 11) is 0. The molecule has 0 aromatic heterocycles. The Hall–Kier alpha value is -1.59. The summed E-state index contributed by atoms with van der Waals surface area (Å²) in [6.45, 7) is 0.848. The van der Waals surface area contributed by atoms with Crippen LogP contribution >= 0.6 is 0 Å². The number of hydrogen-bond donors (Lipinski definition) is 3. The van der Waals surface area contributed by atoms with Crippen molar-refractivity contribution in [3.05, 3.63) is 29.3 Å². The van der Waals surface area contributed by atoms with E-state index in [1.807, 2.05) is 6.07 Å². The molecule has 116 valence electrons. The van der Waals surface area contributed by atoms with Crippen LogP contribution in [-0.2, 0) is 6.42 Å². The molecule has 2 rings (SSSR count). The maximum absolute atomic E-state index is 11.5. The number of amides is 1. The third-order valence-corrected chi connectivity index (χ3v) is 4.04. The number of carbonyl (C=O) groups excluding carboxylic acids is 1. The zero-order valence-corrected chi connectivity index (χ0v) is 12.3. The molecule has 1 aromatic rings. The summed E-state index contributed by atoms with van der Waals surface area (Å²) >= 11 is 0. The van der Waals surface area contributed by atoms with Crippen molar-refractivity contribution in [1.82, 2.24) is 5.48 Å². The van der Waals surface area contributed by atoms with Gasteiger partial charge in [-0.05, 0) is 30.0 Å². The number of ether oxygens (including phenoxy) is 1. The van der Waals surface area contributed by atoms with E-state index < -0.39 is 5.91 Å². The molecular weight excluding hydrogens is 268 g/mol. The van der Waals surface area contributed by atoms with Gasteiger partial charge in [0.05, 0.1) is 0 Å². The van der Waals surface area contributed by atoms with E-state index in [9.17, 15) is 4.79 Å². The second-order valence-electron chi connectivity index (χ2n) is 5.61. The van der Waals surface area contributed by atoms with E-state index >= 15 is 0 Å². The average Bonchev–Trinajstić information content (AvgIpc) is 2.54. The highest BCUT2D eigenvalue weighted by Gasteiger charge is 2.17. The second-order valence-corrected chi connectivity index (χ2v) is 5.61. The van der Waals surface area contributed by atoms with Crippen molar-refractivity contribution in [3.63, 3.8) is 0 Å². The van der Waals surface area contributed by atoms with Gasteiger partial charge in [0.15, 0.2) is 0 Å². The third kappa shape index (κ3) is 4.44. The SMILES string of the molecule is NCCOc1cc(C(=O)NO)ccc1CC1CCCCC1. The van der Waals surface area contributed by atoms with Crippen molar-refractivity contribution in [2.24, 2.45) is 11.7 Å². The normalized spacial score (nSPS) is 15.7. The Kier molecular flexibility index (Phi) is 6.02. The van der Waals surface area contributed by atoms with Gasteiger partial charge in [0.2, 0.25) is 0 Å². The molecule has 21 heavy (non-hydrogen) atoms. The Labute approximate surface area is 125 Å². The van der Waals surface area contributed by atoms with E-state index in [4.69, 9.17) is 15.7 Å². The lowest BCUT2D eigenvalue weighted by Crippen LogP contribution is -2.19. The number of nitrogens with two attached hydrogens (primary N) is 1. The summed E-state index contributed by atoms with van der Waals surface area (Å²) in [5.74, 6) is 0.862. The lowest BCUT2D eigenvalue weighted by atomic mass is 9.84. The first-order chi connectivity index (χ1) is 10.2. The van der Waals surface area contributed by atoms with Gasteiger partial charge in [-0.25, -0.2) is 5.48 Å². The van der Waals surface area contributed by atoms with Crippen LogP contribution in [0, 0.1) is 5.92 Å². The molecule has 1 aromatic carbocycles. The quantitative estimate of drug-likeness (QED) is 0.554. The topological polar surface area (TPSA) is 84.6 Å². The first-order valence-corrected chi connectivity index (χ1v) is 7.65. The molecule has 1 aliphatic carbocycles. The summed E-state index contributed by atoms with van der Waals surface area (Å²) in [6, 6.07) is 5.32. The van der Waals surface area contributed by atoms with Gasteiger partial charge in [0.25, 0.3) is 5.91 Å². The Bertz CT molecular complexity index is 471. The minimum absolute atomic E-state index is 0.386. The largest absolute Gasteiger partial charge is 0.492 e. The van der Waals surface area contributed by atoms with Crippen molar-refractivity contribution in [2.45, 2.75) is 38.5 Å². The molecule has 5 heteroatoms. The molecule has 0 atom stereocenters. The van der Waals surface area contributed by atoms with E-state index in [2.05, 4.69) is 0 Å². The molecule has 1 amide bonds. The zero-order chi connectivity index (χ0) is 15.1. The van der Waals surface area contributed by atoms with Crippen molar-refractivity contribution < 1.29 is 14.7 Å². The first-order valence-electron chi connectivity index (χ1n) is 7.65. The molecule has 5 nitrogen and oxygen atoms in total. The summed E-state index contributed by atoms with van der Waals surface area (Å²) in [5, 5.41) is 8.73. The van der Waals surface area contributed by atoms with Crippen LogP contribution in [0.5, 0.6) is 5.75 Å². The maximum atomic E-state index is 11.5. The van der Waals surface area contributed by atoms with E-state index in [-0.39, 0.29) is 0 Å². The molecule has 0 heterocycles. The van der Waals surface area contributed by atoms with Crippen LogP contribution in [0.3, 0.4) is 0 Å². The van der Waals surface area contributed by atoms with Gasteiger partial charge in [0, 0.05) is 12.1 Å². The summed E-state index contributed by atoms with van der Waals surface area (Å²) in [4.78, 5) is 11.5. The highest BCUT2D eigenvalue weighted by Crippen LogP contribution is 2.30. The van der Waals surface area contributed by atoms with Crippen molar-refractivity contribution in [2.75, 3.05) is 13.2 Å². The van der Waals surface area contributed by atoms with Crippen LogP contribution in [0.2, 0.25) is 0 Å². The molecular formula is C16H24N2O3. The fourth-order valence-corrected chi connectivity index (χ4v) is 2.93. The maximum Gasteiger partial charge on any atom is 0.274 e. The molecule has 1 fully saturated rings. The zero-order valence-electron chi connectivity index (χ0n) is 12.3. The van der Waals surface area contributed by atoms with E-state index in [1.165, 1.54) is 32.1 Å². The molecule has 0 spiro atoms. The lowest BCUT2D eigenvalue weighted by molar-refractivity contribution is 0.0706. The van der Waals surface area contributed by atoms with Crippen LogP contribution in [0.25, 0.3) is 0 Å². The lowest BCUT2D eigenvalue weighted by Gasteiger charge is -2.23. The van der Waals surface area contributed by atoms with E-state index in [1.54, 1.807) is 17.6 Å². The van der Waals surface area contributed by atoms with Gasteiger partial charge in [-0.15, -0.1) is 0 Å². The minimum Gasteiger partial charge on any atom is -0.492 e. The number of benzene rings is 1. The van der Waals surface area contributed by atoms with Crippen LogP contribution in [0.15, 0.2) is 18.2 Å². The van der Waals surface area contributed by atoms with Gasteiger partial charge in [-0.2, -0.15) is 0 Å². The predicted octanol–water partition coefficient (Wildman–Crippen LogP) is 2.27. The van der Waals surface area contributed by atoms with Gasteiger partial charge in [-0.3, -0.25) is 10.0 Å². The summed E-state index contributed by atoms with van der Waals surface area (Å²) < 4.78 is 5.68. The molecule has 0 radical (unpaired) electrons. The highest BCUT2D eigenvalue weighted by atomic mass is 16.5. The van der Waals surface area contributed by atoms with Gasteiger partial charge < -0.3 is 10.5 Å². The Morgan fingerprint density at radius 1 is 1.33 bits per heavy atom. The standard InChI is InChI=1S/C16H24N2O3/c17-8-9-21-15-11-14(16(19)18-20)7-6-13(15)10-12-4-2-1-3-5-12/h6-7,11-12,20H,1-5,8-10,17H2,(H,18,19). The van der Waals surface area contributed by atoms with Crippen LogP contribution in [-0.4, -0.2) is 24.3 Å². The Morgan fingerprint density at radius 3 is 2.76 bits per heavy atom. The molecule has 0 bridgehead atoms. The fraction of sp³-hybridized carbons (Fsp3) is 0.562. The number of carbonyl (C=O) groups is 1. The molecule has 0 aliphatic heterocycles. The minimum atomic E-state index is -0.531. The highest BCUT2D eigenvalue weighted by molar-refractivity contribution is 5.93. The van der Waals surface area contributed by atoms with E-state index in [0.29, 0.717) is 30.4 Å². The van der Waals surface area contributed by atoms with Crippen molar-refractivity contribution >= 4 is 5.91 Å². The smallest absolute Gasteiger partial charge is 0.274 e. The second kappa shape index (κ2) is 8.00. The average molecular weight is 292 g/mol. The third-order valence-electron chi connectivity index (χ3n) is 4.04. The monoisotopic (exact) mass is 292 g/mol. The summed E-state index contributed by atoms with van der Waals surface area (Å²) in [6.07, 6.45) is 7.43. The van der Waals surface area contributed by atoms with Gasteiger partial charge >= 0.3 is 0 Å². The van der Waals surface area contributed by atoms with Gasteiger partial charge in [-0.1, -0.05) is 38.2 Å². The number of rotatable bonds is 6. The molecule has 1 saturated carbocycles. The van der Waals surface area contributed by atoms with Crippen LogP contribution in [0.1, 0.15) is 48.0 Å². The fourth-order valence-electron chi connectivity index (χ4n) is 2.93.